The molecule has 158 valence electrons. The summed E-state index contributed by atoms with van der Waals surface area (Å²) < 4.78 is 32.8. The molecule has 2 aromatic rings. The Balaban J connectivity index is 2.02. The van der Waals surface area contributed by atoms with E-state index in [-0.39, 0.29) is 17.4 Å². The van der Waals surface area contributed by atoms with Gasteiger partial charge in [0.1, 0.15) is 5.75 Å². The summed E-state index contributed by atoms with van der Waals surface area (Å²) in [6.45, 7) is 8.76. The van der Waals surface area contributed by atoms with Gasteiger partial charge >= 0.3 is 0 Å². The molecule has 0 radical (unpaired) electrons. The maximum atomic E-state index is 13.0. The van der Waals surface area contributed by atoms with Gasteiger partial charge in [0.05, 0.1) is 10.6 Å². The Morgan fingerprint density at radius 1 is 1.07 bits per heavy atom. The molecular formula is C22H30N2O4S. The maximum Gasteiger partial charge on any atom is 0.264 e. The van der Waals surface area contributed by atoms with E-state index < -0.39 is 10.0 Å². The van der Waals surface area contributed by atoms with Crippen LogP contribution in [0.25, 0.3) is 0 Å². The molecule has 0 saturated carbocycles. The number of carbonyl (C=O) groups excluding carboxylic acids is 1. The zero-order valence-electron chi connectivity index (χ0n) is 17.5. The second-order valence-electron chi connectivity index (χ2n) is 7.30. The van der Waals surface area contributed by atoms with Gasteiger partial charge in [-0.15, -0.1) is 0 Å². The Labute approximate surface area is 173 Å². The monoisotopic (exact) mass is 418 g/mol. The minimum absolute atomic E-state index is 0.0728. The van der Waals surface area contributed by atoms with E-state index in [1.54, 1.807) is 55.5 Å². The standard InChI is InChI=1S/C22H30N2O4S/c1-5-24(29(26,27)21-12-6-18(4)7-13-21)19-8-10-20(11-9-19)28-16-22(25)23-15-14-17(2)3/h6-13,17H,5,14-16H2,1-4H3,(H,23,25). The SMILES string of the molecule is CCN(c1ccc(OCC(=O)NCCC(C)C)cc1)S(=O)(=O)c1ccc(C)cc1. The van der Waals surface area contributed by atoms with E-state index in [0.29, 0.717) is 30.4 Å². The lowest BCUT2D eigenvalue weighted by Crippen LogP contribution is -2.31. The summed E-state index contributed by atoms with van der Waals surface area (Å²) in [6, 6.07) is 13.5. The number of hydrogen-bond donors (Lipinski definition) is 1. The highest BCUT2D eigenvalue weighted by Gasteiger charge is 2.23. The van der Waals surface area contributed by atoms with Crippen molar-refractivity contribution in [2.75, 3.05) is 24.0 Å². The quantitative estimate of drug-likeness (QED) is 0.638. The molecule has 0 heterocycles. The first-order chi connectivity index (χ1) is 13.7. The maximum absolute atomic E-state index is 13.0. The number of hydrogen-bond acceptors (Lipinski definition) is 4. The van der Waals surface area contributed by atoms with Gasteiger partial charge in [-0.1, -0.05) is 31.5 Å². The number of sulfonamides is 1. The number of amides is 1. The van der Waals surface area contributed by atoms with Gasteiger partial charge in [0, 0.05) is 13.1 Å². The lowest BCUT2D eigenvalue weighted by Gasteiger charge is -2.23. The molecule has 0 aromatic heterocycles. The molecule has 1 amide bonds. The van der Waals surface area contributed by atoms with Crippen LogP contribution in [0.2, 0.25) is 0 Å². The fourth-order valence-electron chi connectivity index (χ4n) is 2.74. The number of nitrogens with zero attached hydrogens (tertiary/aromatic N) is 1. The highest BCUT2D eigenvalue weighted by atomic mass is 32.2. The van der Waals surface area contributed by atoms with Gasteiger partial charge in [-0.2, -0.15) is 0 Å². The summed E-state index contributed by atoms with van der Waals surface area (Å²) in [5.74, 6) is 0.866. The molecule has 0 aliphatic heterocycles. The molecule has 0 spiro atoms. The van der Waals surface area contributed by atoms with Crippen LogP contribution in [-0.4, -0.2) is 34.0 Å². The lowest BCUT2D eigenvalue weighted by atomic mass is 10.1. The Hall–Kier alpha value is -2.54. The molecule has 0 bridgehead atoms. The van der Waals surface area contributed by atoms with Crippen LogP contribution in [0.4, 0.5) is 5.69 Å². The molecule has 0 unspecified atom stereocenters. The van der Waals surface area contributed by atoms with Crippen LogP contribution in [0.5, 0.6) is 5.75 Å². The average molecular weight is 419 g/mol. The van der Waals surface area contributed by atoms with Crippen LogP contribution in [0.3, 0.4) is 0 Å². The van der Waals surface area contributed by atoms with E-state index in [4.69, 9.17) is 4.74 Å². The number of anilines is 1. The largest absolute Gasteiger partial charge is 0.484 e. The summed E-state index contributed by atoms with van der Waals surface area (Å²) in [4.78, 5) is 12.1. The van der Waals surface area contributed by atoms with Crippen molar-refractivity contribution in [3.05, 3.63) is 54.1 Å². The fraction of sp³-hybridized carbons (Fsp3) is 0.409. The van der Waals surface area contributed by atoms with E-state index in [1.807, 2.05) is 6.92 Å². The number of benzene rings is 2. The number of nitrogens with one attached hydrogen (secondary N) is 1. The summed E-state index contributed by atoms with van der Waals surface area (Å²) in [5, 5.41) is 2.81. The van der Waals surface area contributed by atoms with Crippen molar-refractivity contribution in [3.63, 3.8) is 0 Å². The zero-order chi connectivity index (χ0) is 21.4. The van der Waals surface area contributed by atoms with E-state index >= 15 is 0 Å². The molecule has 29 heavy (non-hydrogen) atoms. The van der Waals surface area contributed by atoms with E-state index in [9.17, 15) is 13.2 Å². The molecule has 0 atom stereocenters. The number of aryl methyl sites for hydroxylation is 1. The smallest absolute Gasteiger partial charge is 0.264 e. The third-order valence-electron chi connectivity index (χ3n) is 4.43. The molecular weight excluding hydrogens is 388 g/mol. The molecule has 7 heteroatoms. The van der Waals surface area contributed by atoms with Crippen LogP contribution in [0.1, 0.15) is 32.8 Å². The number of rotatable bonds is 10. The first-order valence-electron chi connectivity index (χ1n) is 9.83. The first-order valence-corrected chi connectivity index (χ1v) is 11.3. The molecule has 2 rings (SSSR count). The minimum atomic E-state index is -3.65. The molecule has 0 fully saturated rings. The number of ether oxygens (including phenoxy) is 1. The van der Waals surface area contributed by atoms with Crippen molar-refractivity contribution in [1.29, 1.82) is 0 Å². The van der Waals surface area contributed by atoms with Gasteiger partial charge in [0.2, 0.25) is 0 Å². The van der Waals surface area contributed by atoms with Crippen LogP contribution in [-0.2, 0) is 14.8 Å². The normalized spacial score (nSPS) is 11.3. The number of carbonyl (C=O) groups is 1. The molecule has 0 aliphatic carbocycles. The van der Waals surface area contributed by atoms with Gasteiger partial charge in [-0.3, -0.25) is 9.10 Å². The second-order valence-corrected chi connectivity index (χ2v) is 9.16. The summed E-state index contributed by atoms with van der Waals surface area (Å²) in [7, 11) is -3.65. The van der Waals surface area contributed by atoms with Crippen molar-refractivity contribution in [2.24, 2.45) is 5.92 Å². The third-order valence-corrected chi connectivity index (χ3v) is 6.35. The molecule has 1 N–H and O–H groups in total. The van der Waals surface area contributed by atoms with Crippen LogP contribution in [0.15, 0.2) is 53.4 Å². The van der Waals surface area contributed by atoms with Crippen molar-refractivity contribution in [3.8, 4) is 5.75 Å². The lowest BCUT2D eigenvalue weighted by molar-refractivity contribution is -0.123. The van der Waals surface area contributed by atoms with Crippen LogP contribution >= 0.6 is 0 Å². The Morgan fingerprint density at radius 2 is 1.69 bits per heavy atom. The Bertz CT molecular complexity index is 891. The van der Waals surface area contributed by atoms with Crippen molar-refractivity contribution in [1.82, 2.24) is 5.32 Å². The highest BCUT2D eigenvalue weighted by molar-refractivity contribution is 7.92. The van der Waals surface area contributed by atoms with Crippen molar-refractivity contribution in [2.45, 2.75) is 39.0 Å². The average Bonchev–Trinajstić information content (AvgIpc) is 2.68. The third kappa shape index (κ3) is 6.49. The van der Waals surface area contributed by atoms with Crippen LogP contribution in [0, 0.1) is 12.8 Å². The fourth-order valence-corrected chi connectivity index (χ4v) is 4.21. The van der Waals surface area contributed by atoms with E-state index in [0.717, 1.165) is 12.0 Å². The Morgan fingerprint density at radius 3 is 2.24 bits per heavy atom. The zero-order valence-corrected chi connectivity index (χ0v) is 18.3. The highest BCUT2D eigenvalue weighted by Crippen LogP contribution is 2.25. The van der Waals surface area contributed by atoms with Crippen LogP contribution < -0.4 is 14.4 Å². The molecule has 0 saturated heterocycles. The van der Waals surface area contributed by atoms with Gasteiger partial charge < -0.3 is 10.1 Å². The summed E-state index contributed by atoms with van der Waals surface area (Å²) in [5.41, 5.74) is 1.54. The van der Waals surface area contributed by atoms with Gasteiger partial charge in [0.15, 0.2) is 6.61 Å². The predicted octanol–water partition coefficient (Wildman–Crippen LogP) is 3.75. The summed E-state index contributed by atoms with van der Waals surface area (Å²) in [6.07, 6.45) is 0.919. The molecule has 2 aromatic carbocycles. The van der Waals surface area contributed by atoms with Crippen molar-refractivity contribution < 1.29 is 17.9 Å². The molecule has 0 aliphatic rings. The second kappa shape index (κ2) is 10.3. The molecule has 6 nitrogen and oxygen atoms in total. The topological polar surface area (TPSA) is 75.7 Å². The van der Waals surface area contributed by atoms with Gasteiger partial charge in [0.25, 0.3) is 15.9 Å². The first kappa shape index (κ1) is 22.7. The van der Waals surface area contributed by atoms with E-state index in [1.165, 1.54) is 4.31 Å². The van der Waals surface area contributed by atoms with E-state index in [2.05, 4.69) is 19.2 Å². The summed E-state index contributed by atoms with van der Waals surface area (Å²) >= 11 is 0. The Kier molecular flexibility index (Phi) is 8.08. The van der Waals surface area contributed by atoms with Crippen molar-refractivity contribution >= 4 is 21.6 Å². The van der Waals surface area contributed by atoms with Gasteiger partial charge in [-0.25, -0.2) is 8.42 Å². The van der Waals surface area contributed by atoms with Gasteiger partial charge in [-0.05, 0) is 62.6 Å². The minimum Gasteiger partial charge on any atom is -0.484 e. The predicted molar refractivity (Wildman–Crippen MR) is 116 cm³/mol.